The molecule has 4 nitrogen and oxygen atoms in total. The number of halogens is 5. The van der Waals surface area contributed by atoms with E-state index in [0.717, 1.165) is 28.8 Å². The second kappa shape index (κ2) is 7.69. The van der Waals surface area contributed by atoms with E-state index in [1.165, 1.54) is 24.3 Å². The third-order valence-corrected chi connectivity index (χ3v) is 6.37. The molecule has 146 valence electrons. The van der Waals surface area contributed by atoms with Gasteiger partial charge in [0.1, 0.15) is 16.0 Å². The van der Waals surface area contributed by atoms with Crippen LogP contribution in [0.1, 0.15) is 11.1 Å². The summed E-state index contributed by atoms with van der Waals surface area (Å²) in [6.45, 7) is 0. The maximum absolute atomic E-state index is 13.0. The summed E-state index contributed by atoms with van der Waals surface area (Å²) in [5.41, 5.74) is -0.689. The van der Waals surface area contributed by atoms with Crippen LogP contribution in [0.15, 0.2) is 44.2 Å². The summed E-state index contributed by atoms with van der Waals surface area (Å²) < 4.78 is 39.2. The summed E-state index contributed by atoms with van der Waals surface area (Å²) in [7, 11) is 0. The van der Waals surface area contributed by atoms with Crippen LogP contribution in [0.2, 0.25) is 0 Å². The highest BCUT2D eigenvalue weighted by atomic mass is 79.9. The minimum atomic E-state index is -4.55. The Morgan fingerprint density at radius 3 is 2.46 bits per heavy atom. The molecule has 0 unspecified atom stereocenters. The van der Waals surface area contributed by atoms with Crippen LogP contribution in [0, 0.1) is 0 Å². The van der Waals surface area contributed by atoms with E-state index in [-0.39, 0.29) is 40.9 Å². The Morgan fingerprint density at radius 2 is 1.82 bits per heavy atom. The van der Waals surface area contributed by atoms with E-state index in [1.807, 2.05) is 0 Å². The van der Waals surface area contributed by atoms with Crippen molar-refractivity contribution in [3.8, 4) is 11.5 Å². The van der Waals surface area contributed by atoms with Gasteiger partial charge < -0.3 is 10.2 Å². The van der Waals surface area contributed by atoms with Gasteiger partial charge in [-0.05, 0) is 62.2 Å². The minimum absolute atomic E-state index is 0.00184. The van der Waals surface area contributed by atoms with Crippen molar-refractivity contribution in [1.29, 1.82) is 0 Å². The van der Waals surface area contributed by atoms with Crippen LogP contribution in [0.3, 0.4) is 0 Å². The van der Waals surface area contributed by atoms with E-state index < -0.39 is 17.6 Å². The molecule has 1 aliphatic rings. The predicted octanol–water partition coefficient (Wildman–Crippen LogP) is 6.05. The first kappa shape index (κ1) is 21.2. The van der Waals surface area contributed by atoms with Gasteiger partial charge in [0.15, 0.2) is 4.32 Å². The summed E-state index contributed by atoms with van der Waals surface area (Å²) in [4.78, 5) is 13.9. The number of amides is 1. The average molecular weight is 555 g/mol. The Kier molecular flexibility index (Phi) is 5.81. The van der Waals surface area contributed by atoms with Gasteiger partial charge in [0.25, 0.3) is 5.91 Å². The SMILES string of the molecule is O=C1/C(=C\c2cc(Br)c(O)c(Br)c2O)SC(=S)N1c1cccc(C(F)(F)F)c1. The van der Waals surface area contributed by atoms with Gasteiger partial charge in [0.05, 0.1) is 20.6 Å². The second-order valence-corrected chi connectivity index (χ2v) is 8.85. The maximum atomic E-state index is 13.0. The zero-order chi connectivity index (χ0) is 20.8. The number of anilines is 1. The van der Waals surface area contributed by atoms with Crippen molar-refractivity contribution in [3.05, 3.63) is 55.3 Å². The molecule has 1 aliphatic heterocycles. The van der Waals surface area contributed by atoms with Gasteiger partial charge in [-0.3, -0.25) is 9.69 Å². The fourth-order valence-electron chi connectivity index (χ4n) is 2.38. The van der Waals surface area contributed by atoms with Crippen molar-refractivity contribution in [2.45, 2.75) is 6.18 Å². The summed E-state index contributed by atoms with van der Waals surface area (Å²) in [6, 6.07) is 5.69. The number of hydrogen-bond donors (Lipinski definition) is 2. The topological polar surface area (TPSA) is 60.8 Å². The van der Waals surface area contributed by atoms with Gasteiger partial charge in [-0.2, -0.15) is 13.2 Å². The molecule has 0 aliphatic carbocycles. The molecule has 0 bridgehead atoms. The van der Waals surface area contributed by atoms with Crippen molar-refractivity contribution in [1.82, 2.24) is 0 Å². The summed E-state index contributed by atoms with van der Waals surface area (Å²) in [6.07, 6.45) is -3.21. The number of benzene rings is 2. The first-order valence-corrected chi connectivity index (χ1v) is 10.2. The normalized spacial score (nSPS) is 16.3. The second-order valence-electron chi connectivity index (χ2n) is 5.52. The monoisotopic (exact) mass is 553 g/mol. The molecule has 0 saturated carbocycles. The predicted molar refractivity (Wildman–Crippen MR) is 112 cm³/mol. The van der Waals surface area contributed by atoms with Crippen LogP contribution in [0.5, 0.6) is 11.5 Å². The molecule has 1 heterocycles. The quantitative estimate of drug-likeness (QED) is 0.350. The van der Waals surface area contributed by atoms with Crippen molar-refractivity contribution in [2.75, 3.05) is 4.90 Å². The Morgan fingerprint density at radius 1 is 1.14 bits per heavy atom. The van der Waals surface area contributed by atoms with E-state index in [9.17, 15) is 28.2 Å². The molecule has 1 fully saturated rings. The fraction of sp³-hybridized carbons (Fsp3) is 0.0588. The van der Waals surface area contributed by atoms with Crippen LogP contribution < -0.4 is 4.90 Å². The lowest BCUT2D eigenvalue weighted by Gasteiger charge is -2.16. The van der Waals surface area contributed by atoms with Crippen LogP contribution in [0.25, 0.3) is 6.08 Å². The van der Waals surface area contributed by atoms with Crippen molar-refractivity contribution >= 4 is 77.8 Å². The number of carbonyl (C=O) groups excluding carboxylic acids is 1. The molecule has 11 heteroatoms. The molecule has 3 rings (SSSR count). The Balaban J connectivity index is 2.01. The fourth-order valence-corrected chi connectivity index (χ4v) is 4.82. The number of thiocarbonyl (C=S) groups is 1. The lowest BCUT2D eigenvalue weighted by atomic mass is 10.1. The highest BCUT2D eigenvalue weighted by Crippen LogP contribution is 2.44. The highest BCUT2D eigenvalue weighted by molar-refractivity contribution is 9.11. The van der Waals surface area contributed by atoms with Gasteiger partial charge in [-0.15, -0.1) is 0 Å². The molecule has 2 N–H and O–H groups in total. The molecular weight excluding hydrogens is 547 g/mol. The molecule has 2 aromatic carbocycles. The number of hydrogen-bond acceptors (Lipinski definition) is 5. The van der Waals surface area contributed by atoms with Crippen LogP contribution >= 0.6 is 55.8 Å². The third-order valence-electron chi connectivity index (χ3n) is 3.71. The molecule has 28 heavy (non-hydrogen) atoms. The molecule has 2 aromatic rings. The van der Waals surface area contributed by atoms with E-state index in [4.69, 9.17) is 12.2 Å². The number of phenolic OH excluding ortho intramolecular Hbond substituents is 2. The molecule has 1 saturated heterocycles. The maximum Gasteiger partial charge on any atom is 0.416 e. The molecule has 0 radical (unpaired) electrons. The number of carbonyl (C=O) groups is 1. The lowest BCUT2D eigenvalue weighted by molar-refractivity contribution is -0.137. The molecule has 0 atom stereocenters. The molecule has 0 aromatic heterocycles. The summed E-state index contributed by atoms with van der Waals surface area (Å²) in [5, 5.41) is 19.9. The Labute approximate surface area is 183 Å². The number of alkyl halides is 3. The van der Waals surface area contributed by atoms with Gasteiger partial charge in [0, 0.05) is 5.56 Å². The van der Waals surface area contributed by atoms with Gasteiger partial charge >= 0.3 is 6.18 Å². The molecule has 1 amide bonds. The zero-order valence-electron chi connectivity index (χ0n) is 13.4. The van der Waals surface area contributed by atoms with Gasteiger partial charge in [-0.1, -0.05) is 30.0 Å². The third kappa shape index (κ3) is 3.93. The van der Waals surface area contributed by atoms with E-state index in [1.54, 1.807) is 0 Å². The Hall–Kier alpha value is -1.56. The number of nitrogens with zero attached hydrogens (tertiary/aromatic N) is 1. The highest BCUT2D eigenvalue weighted by Gasteiger charge is 2.36. The number of aromatic hydroxyl groups is 2. The smallest absolute Gasteiger partial charge is 0.416 e. The summed E-state index contributed by atoms with van der Waals surface area (Å²) in [5.74, 6) is -1.13. The van der Waals surface area contributed by atoms with E-state index in [0.29, 0.717) is 0 Å². The summed E-state index contributed by atoms with van der Waals surface area (Å²) >= 11 is 12.2. The largest absolute Gasteiger partial charge is 0.506 e. The molecular formula is C17H8Br2F3NO3S2. The van der Waals surface area contributed by atoms with E-state index in [2.05, 4.69) is 31.9 Å². The van der Waals surface area contributed by atoms with Crippen molar-refractivity contribution in [2.24, 2.45) is 0 Å². The number of rotatable bonds is 2. The first-order chi connectivity index (χ1) is 13.0. The van der Waals surface area contributed by atoms with Crippen molar-refractivity contribution < 1.29 is 28.2 Å². The average Bonchev–Trinajstić information content (AvgIpc) is 2.90. The number of phenols is 2. The number of thioether (sulfide) groups is 1. The van der Waals surface area contributed by atoms with E-state index >= 15 is 0 Å². The minimum Gasteiger partial charge on any atom is -0.506 e. The zero-order valence-corrected chi connectivity index (χ0v) is 18.2. The van der Waals surface area contributed by atoms with Crippen LogP contribution in [-0.4, -0.2) is 20.4 Å². The van der Waals surface area contributed by atoms with Crippen LogP contribution in [-0.2, 0) is 11.0 Å². The molecule has 0 spiro atoms. The lowest BCUT2D eigenvalue weighted by Crippen LogP contribution is -2.27. The van der Waals surface area contributed by atoms with Gasteiger partial charge in [0.2, 0.25) is 0 Å². The Bertz CT molecular complexity index is 1040. The van der Waals surface area contributed by atoms with Crippen LogP contribution in [0.4, 0.5) is 18.9 Å². The van der Waals surface area contributed by atoms with Crippen molar-refractivity contribution in [3.63, 3.8) is 0 Å². The first-order valence-electron chi connectivity index (χ1n) is 7.36. The standard InChI is InChI=1S/C17H8Br2F3NO3S2/c18-10-4-7(13(24)12(19)14(10)25)5-11-15(26)23(16(27)28-11)9-3-1-2-8(6-9)17(20,21)22/h1-6,24-25H/b11-5+. The van der Waals surface area contributed by atoms with Gasteiger partial charge in [-0.25, -0.2) is 0 Å².